The van der Waals surface area contributed by atoms with Gasteiger partial charge in [0.15, 0.2) is 0 Å². The van der Waals surface area contributed by atoms with Crippen LogP contribution in [0.2, 0.25) is 0 Å². The van der Waals surface area contributed by atoms with Crippen LogP contribution in [0.3, 0.4) is 0 Å². The van der Waals surface area contributed by atoms with Gasteiger partial charge in [-0.05, 0) is 19.9 Å². The molecule has 0 fully saturated rings. The average Bonchev–Trinajstić information content (AvgIpc) is 2.87. The molecule has 1 atom stereocenters. The summed E-state index contributed by atoms with van der Waals surface area (Å²) in [5.74, 6) is -0.171. The minimum Gasteiger partial charge on any atom is -0.343 e. The van der Waals surface area contributed by atoms with Crippen LogP contribution in [0.15, 0.2) is 17.6 Å². The Hall–Kier alpha value is -1.69. The number of aromatic nitrogens is 3. The molecule has 0 radical (unpaired) electrons. The van der Waals surface area contributed by atoms with Gasteiger partial charge in [-0.15, -0.1) is 11.3 Å². The largest absolute Gasteiger partial charge is 0.343 e. The number of amides is 1. The number of nitrogens with one attached hydrogen (secondary N) is 2. The van der Waals surface area contributed by atoms with Crippen LogP contribution in [0.25, 0.3) is 0 Å². The second-order valence-corrected chi connectivity index (χ2v) is 4.52. The maximum atomic E-state index is 11.7. The van der Waals surface area contributed by atoms with E-state index in [4.69, 9.17) is 0 Å². The van der Waals surface area contributed by atoms with Crippen LogP contribution in [-0.4, -0.2) is 21.1 Å². The van der Waals surface area contributed by atoms with Crippen molar-refractivity contribution in [3.63, 3.8) is 0 Å². The molecule has 84 valence electrons. The number of hydrogen-bond donors (Lipinski definition) is 2. The molecule has 0 saturated heterocycles. The lowest BCUT2D eigenvalue weighted by Gasteiger charge is -2.10. The van der Waals surface area contributed by atoms with Crippen LogP contribution in [0, 0.1) is 6.92 Å². The van der Waals surface area contributed by atoms with Crippen LogP contribution < -0.4 is 5.32 Å². The Morgan fingerprint density at radius 2 is 2.44 bits per heavy atom. The summed E-state index contributed by atoms with van der Waals surface area (Å²) in [7, 11) is 0. The van der Waals surface area contributed by atoms with E-state index in [2.05, 4.69) is 20.5 Å². The maximum Gasteiger partial charge on any atom is 0.269 e. The minimum atomic E-state index is -0.171. The zero-order valence-electron chi connectivity index (χ0n) is 9.02. The molecule has 0 bridgehead atoms. The molecule has 0 aliphatic carbocycles. The summed E-state index contributed by atoms with van der Waals surface area (Å²) in [5.41, 5.74) is 1.34. The van der Waals surface area contributed by atoms with Gasteiger partial charge in [0.25, 0.3) is 5.91 Å². The Morgan fingerprint density at radius 1 is 1.62 bits per heavy atom. The Balaban J connectivity index is 2.03. The summed E-state index contributed by atoms with van der Waals surface area (Å²) in [6, 6.07) is 1.54. The van der Waals surface area contributed by atoms with Gasteiger partial charge in [0, 0.05) is 11.6 Å². The lowest BCUT2D eigenvalue weighted by molar-refractivity contribution is 0.0934. The van der Waals surface area contributed by atoms with Gasteiger partial charge in [-0.25, -0.2) is 4.98 Å². The van der Waals surface area contributed by atoms with Crippen molar-refractivity contribution in [2.75, 3.05) is 0 Å². The second-order valence-electron chi connectivity index (χ2n) is 3.46. The molecule has 2 heterocycles. The molecule has 5 nitrogen and oxygen atoms in total. The molecule has 0 aromatic carbocycles. The van der Waals surface area contributed by atoms with Crippen molar-refractivity contribution in [3.05, 3.63) is 34.0 Å². The third-order valence-corrected chi connectivity index (χ3v) is 2.97. The molecule has 2 aromatic heterocycles. The maximum absolute atomic E-state index is 11.7. The van der Waals surface area contributed by atoms with E-state index < -0.39 is 0 Å². The molecule has 0 aliphatic heterocycles. The first kappa shape index (κ1) is 10.8. The van der Waals surface area contributed by atoms with Crippen LogP contribution in [0.4, 0.5) is 0 Å². The highest BCUT2D eigenvalue weighted by atomic mass is 32.1. The quantitative estimate of drug-likeness (QED) is 0.851. The summed E-state index contributed by atoms with van der Waals surface area (Å²) < 4.78 is 0. The van der Waals surface area contributed by atoms with Gasteiger partial charge in [-0.2, -0.15) is 5.10 Å². The number of carbonyl (C=O) groups is 1. The SMILES string of the molecule is Cc1nc(C(C)NC(=O)c2ccn[nH]2)cs1. The first-order valence-corrected chi connectivity index (χ1v) is 5.77. The van der Waals surface area contributed by atoms with Gasteiger partial charge < -0.3 is 5.32 Å². The molecule has 16 heavy (non-hydrogen) atoms. The summed E-state index contributed by atoms with van der Waals surface area (Å²) >= 11 is 1.57. The van der Waals surface area contributed by atoms with Gasteiger partial charge in [0.2, 0.25) is 0 Å². The van der Waals surface area contributed by atoms with Crippen LogP contribution in [0.5, 0.6) is 0 Å². The molecule has 0 saturated carbocycles. The molecular formula is C10H12N4OS. The number of carbonyl (C=O) groups excluding carboxylic acids is 1. The number of aryl methyl sites for hydroxylation is 1. The Morgan fingerprint density at radius 3 is 3.00 bits per heavy atom. The van der Waals surface area contributed by atoms with Crippen molar-refractivity contribution in [1.82, 2.24) is 20.5 Å². The summed E-state index contributed by atoms with van der Waals surface area (Å²) in [5, 5.41) is 12.1. The van der Waals surface area contributed by atoms with E-state index in [-0.39, 0.29) is 11.9 Å². The van der Waals surface area contributed by atoms with Gasteiger partial charge in [-0.3, -0.25) is 9.89 Å². The number of thiazole rings is 1. The number of hydrogen-bond acceptors (Lipinski definition) is 4. The van der Waals surface area contributed by atoms with Crippen LogP contribution in [0.1, 0.15) is 34.2 Å². The van der Waals surface area contributed by atoms with E-state index in [0.29, 0.717) is 5.69 Å². The predicted molar refractivity (Wildman–Crippen MR) is 61.3 cm³/mol. The van der Waals surface area contributed by atoms with E-state index in [1.54, 1.807) is 23.6 Å². The lowest BCUT2D eigenvalue weighted by Crippen LogP contribution is -2.27. The van der Waals surface area contributed by atoms with E-state index in [1.165, 1.54) is 0 Å². The van der Waals surface area contributed by atoms with Crippen molar-refractivity contribution < 1.29 is 4.79 Å². The Labute approximate surface area is 96.9 Å². The highest BCUT2D eigenvalue weighted by Gasteiger charge is 2.13. The first-order chi connectivity index (χ1) is 7.66. The third-order valence-electron chi connectivity index (χ3n) is 2.17. The molecular weight excluding hydrogens is 224 g/mol. The summed E-state index contributed by atoms with van der Waals surface area (Å²) in [6.07, 6.45) is 1.55. The number of rotatable bonds is 3. The predicted octanol–water partition coefficient (Wildman–Crippen LogP) is 1.67. The van der Waals surface area contributed by atoms with Crippen molar-refractivity contribution in [2.45, 2.75) is 19.9 Å². The minimum absolute atomic E-state index is 0.0965. The Kier molecular flexibility index (Phi) is 3.00. The third kappa shape index (κ3) is 2.27. The van der Waals surface area contributed by atoms with Crippen molar-refractivity contribution in [1.29, 1.82) is 0 Å². The van der Waals surface area contributed by atoms with Crippen LogP contribution in [-0.2, 0) is 0 Å². The standard InChI is InChI=1S/C10H12N4OS/c1-6(9-5-16-7(2)13-9)12-10(15)8-3-4-11-14-8/h3-6H,1-2H3,(H,11,14)(H,12,15). The Bertz CT molecular complexity index is 477. The van der Waals surface area contributed by atoms with Crippen molar-refractivity contribution >= 4 is 17.2 Å². The monoisotopic (exact) mass is 236 g/mol. The zero-order chi connectivity index (χ0) is 11.5. The highest BCUT2D eigenvalue weighted by Crippen LogP contribution is 2.15. The molecule has 1 unspecified atom stereocenters. The topological polar surface area (TPSA) is 70.7 Å². The molecule has 2 aromatic rings. The van der Waals surface area contributed by atoms with E-state index >= 15 is 0 Å². The number of nitrogens with zero attached hydrogens (tertiary/aromatic N) is 2. The fraction of sp³-hybridized carbons (Fsp3) is 0.300. The normalized spacial score (nSPS) is 12.4. The lowest BCUT2D eigenvalue weighted by atomic mass is 10.2. The van der Waals surface area contributed by atoms with E-state index in [1.807, 2.05) is 19.2 Å². The van der Waals surface area contributed by atoms with Gasteiger partial charge in [0.05, 0.1) is 16.7 Å². The highest BCUT2D eigenvalue weighted by molar-refractivity contribution is 7.09. The smallest absolute Gasteiger partial charge is 0.269 e. The van der Waals surface area contributed by atoms with E-state index in [9.17, 15) is 4.79 Å². The summed E-state index contributed by atoms with van der Waals surface area (Å²) in [6.45, 7) is 3.85. The van der Waals surface area contributed by atoms with Crippen LogP contribution >= 0.6 is 11.3 Å². The molecule has 2 N–H and O–H groups in total. The second kappa shape index (κ2) is 4.44. The number of aromatic amines is 1. The van der Waals surface area contributed by atoms with Gasteiger partial charge in [0.1, 0.15) is 5.69 Å². The average molecular weight is 236 g/mol. The van der Waals surface area contributed by atoms with Gasteiger partial charge in [-0.1, -0.05) is 0 Å². The molecule has 2 rings (SSSR count). The fourth-order valence-corrected chi connectivity index (χ4v) is 2.02. The number of H-pyrrole nitrogens is 1. The first-order valence-electron chi connectivity index (χ1n) is 4.89. The van der Waals surface area contributed by atoms with Gasteiger partial charge >= 0.3 is 0 Å². The summed E-state index contributed by atoms with van der Waals surface area (Å²) in [4.78, 5) is 16.0. The molecule has 0 spiro atoms. The molecule has 6 heteroatoms. The molecule has 0 aliphatic rings. The van der Waals surface area contributed by atoms with Crippen molar-refractivity contribution in [2.24, 2.45) is 0 Å². The van der Waals surface area contributed by atoms with Crippen molar-refractivity contribution in [3.8, 4) is 0 Å². The van der Waals surface area contributed by atoms with E-state index in [0.717, 1.165) is 10.7 Å². The zero-order valence-corrected chi connectivity index (χ0v) is 9.84. The molecule has 1 amide bonds. The fourth-order valence-electron chi connectivity index (χ4n) is 1.31.